The molecule has 1 aromatic rings. The van der Waals surface area contributed by atoms with Gasteiger partial charge in [0.05, 0.1) is 6.07 Å². The average Bonchev–Trinajstić information content (AvgIpc) is 2.87. The predicted molar refractivity (Wildman–Crippen MR) is 67.6 cm³/mol. The van der Waals surface area contributed by atoms with Gasteiger partial charge in [0.15, 0.2) is 5.76 Å². The van der Waals surface area contributed by atoms with Crippen molar-refractivity contribution in [2.24, 2.45) is 11.7 Å². The molecule has 0 saturated carbocycles. The van der Waals surface area contributed by atoms with E-state index in [1.165, 1.54) is 12.1 Å². The average molecular weight is 267 g/mol. The fourth-order valence-electron chi connectivity index (χ4n) is 2.32. The lowest BCUT2D eigenvalue weighted by Crippen LogP contribution is -2.42. The third kappa shape index (κ3) is 2.93. The van der Waals surface area contributed by atoms with Crippen molar-refractivity contribution in [1.82, 2.24) is 4.90 Å². The summed E-state index contributed by atoms with van der Waals surface area (Å²) in [6.45, 7) is 3.19. The van der Waals surface area contributed by atoms with Crippen LogP contribution in [0, 0.1) is 16.0 Å². The second-order valence-electron chi connectivity index (χ2n) is 4.88. The summed E-state index contributed by atoms with van der Waals surface area (Å²) >= 11 is 0. The molecule has 0 aromatic carbocycles. The van der Waals surface area contributed by atoms with Crippen LogP contribution < -0.4 is 5.73 Å². The number of nitrogens with two attached hydrogens (primary N) is 1. The van der Waals surface area contributed by atoms with E-state index >= 15 is 0 Å². The molecule has 1 atom stereocenters. The Morgan fingerprint density at radius 2 is 2.16 bits per heavy atom. The van der Waals surface area contributed by atoms with Crippen LogP contribution in [0.4, 0.5) is 5.88 Å². The molecule has 1 unspecified atom stereocenters. The first-order valence-electron chi connectivity index (χ1n) is 6.28. The summed E-state index contributed by atoms with van der Waals surface area (Å²) in [4.78, 5) is 23.6. The first-order valence-corrected chi connectivity index (χ1v) is 6.28. The zero-order chi connectivity index (χ0) is 14.0. The summed E-state index contributed by atoms with van der Waals surface area (Å²) in [7, 11) is 0. The van der Waals surface area contributed by atoms with Crippen LogP contribution in [-0.2, 0) is 0 Å². The molecule has 19 heavy (non-hydrogen) atoms. The van der Waals surface area contributed by atoms with E-state index in [1.54, 1.807) is 4.90 Å². The first kappa shape index (κ1) is 13.5. The van der Waals surface area contributed by atoms with Crippen LogP contribution in [0.1, 0.15) is 30.3 Å². The summed E-state index contributed by atoms with van der Waals surface area (Å²) in [6.07, 6.45) is 1.71. The van der Waals surface area contributed by atoms with Gasteiger partial charge in [-0.1, -0.05) is 0 Å². The van der Waals surface area contributed by atoms with Crippen LogP contribution in [0.5, 0.6) is 0 Å². The zero-order valence-corrected chi connectivity index (χ0v) is 10.7. The zero-order valence-electron chi connectivity index (χ0n) is 10.7. The maximum atomic E-state index is 12.1. The number of nitro groups is 1. The summed E-state index contributed by atoms with van der Waals surface area (Å²) in [5, 5.41) is 10.5. The van der Waals surface area contributed by atoms with Crippen LogP contribution in [0.25, 0.3) is 0 Å². The van der Waals surface area contributed by atoms with Gasteiger partial charge < -0.3 is 15.1 Å². The Bertz CT molecular complexity index is 475. The molecule has 0 bridgehead atoms. The van der Waals surface area contributed by atoms with E-state index in [0.717, 1.165) is 12.8 Å². The molecule has 0 aliphatic carbocycles. The van der Waals surface area contributed by atoms with Gasteiger partial charge in [-0.15, -0.1) is 0 Å². The van der Waals surface area contributed by atoms with Gasteiger partial charge in [0, 0.05) is 19.1 Å². The van der Waals surface area contributed by atoms with Crippen LogP contribution in [0.3, 0.4) is 0 Å². The van der Waals surface area contributed by atoms with Gasteiger partial charge in [-0.3, -0.25) is 14.9 Å². The molecule has 1 fully saturated rings. The van der Waals surface area contributed by atoms with E-state index < -0.39 is 10.8 Å². The molecule has 2 heterocycles. The van der Waals surface area contributed by atoms with Gasteiger partial charge in [0.25, 0.3) is 5.91 Å². The van der Waals surface area contributed by atoms with Gasteiger partial charge in [0.2, 0.25) is 0 Å². The van der Waals surface area contributed by atoms with Crippen molar-refractivity contribution in [3.8, 4) is 0 Å². The Hall–Kier alpha value is -1.89. The molecule has 1 saturated heterocycles. The Morgan fingerprint density at radius 1 is 1.53 bits per heavy atom. The van der Waals surface area contributed by atoms with Gasteiger partial charge in [-0.05, 0) is 31.7 Å². The number of nitrogens with zero attached hydrogens (tertiary/aromatic N) is 2. The second-order valence-corrected chi connectivity index (χ2v) is 4.88. The second kappa shape index (κ2) is 5.40. The monoisotopic (exact) mass is 267 g/mol. The minimum atomic E-state index is -0.654. The van der Waals surface area contributed by atoms with Gasteiger partial charge in [0.1, 0.15) is 4.92 Å². The first-order chi connectivity index (χ1) is 8.99. The minimum absolute atomic E-state index is 0.0194. The summed E-state index contributed by atoms with van der Waals surface area (Å²) in [5.41, 5.74) is 5.84. The van der Waals surface area contributed by atoms with Crippen molar-refractivity contribution >= 4 is 11.8 Å². The molecule has 0 radical (unpaired) electrons. The molecule has 0 spiro atoms. The maximum absolute atomic E-state index is 12.1. The smallest absolute Gasteiger partial charge is 0.395 e. The van der Waals surface area contributed by atoms with E-state index in [-0.39, 0.29) is 17.7 Å². The van der Waals surface area contributed by atoms with E-state index in [0.29, 0.717) is 19.0 Å². The molecule has 7 nitrogen and oxygen atoms in total. The number of likely N-dealkylation sites (tertiary alicyclic amines) is 1. The number of rotatable bonds is 3. The number of piperidine rings is 1. The SMILES string of the molecule is CC(N)C1CCN(C(=O)c2ccc([N+](=O)[O-])o2)CC1. The third-order valence-corrected chi connectivity index (χ3v) is 3.55. The molecule has 104 valence electrons. The lowest BCUT2D eigenvalue weighted by Gasteiger charge is -2.33. The normalized spacial score (nSPS) is 18.3. The van der Waals surface area contributed by atoms with E-state index in [9.17, 15) is 14.9 Å². The Labute approximate surface area is 110 Å². The van der Waals surface area contributed by atoms with Gasteiger partial charge >= 0.3 is 5.88 Å². The number of hydrogen-bond acceptors (Lipinski definition) is 5. The van der Waals surface area contributed by atoms with Crippen LogP contribution in [0.15, 0.2) is 16.5 Å². The van der Waals surface area contributed by atoms with Crippen LogP contribution in [0.2, 0.25) is 0 Å². The van der Waals surface area contributed by atoms with Crippen LogP contribution >= 0.6 is 0 Å². The molecule has 1 aliphatic rings. The molecule has 1 aliphatic heterocycles. The van der Waals surface area contributed by atoms with Crippen molar-refractivity contribution in [1.29, 1.82) is 0 Å². The number of carbonyl (C=O) groups is 1. The Kier molecular flexibility index (Phi) is 3.84. The van der Waals surface area contributed by atoms with Crippen molar-refractivity contribution < 1.29 is 14.1 Å². The third-order valence-electron chi connectivity index (χ3n) is 3.55. The van der Waals surface area contributed by atoms with Crippen LogP contribution in [-0.4, -0.2) is 34.9 Å². The minimum Gasteiger partial charge on any atom is -0.395 e. The quantitative estimate of drug-likeness (QED) is 0.658. The Morgan fingerprint density at radius 3 is 2.63 bits per heavy atom. The number of hydrogen-bond donors (Lipinski definition) is 1. The molecule has 1 amide bonds. The number of carbonyl (C=O) groups excluding carboxylic acids is 1. The summed E-state index contributed by atoms with van der Waals surface area (Å²) in [6, 6.07) is 2.67. The number of amides is 1. The lowest BCUT2D eigenvalue weighted by molar-refractivity contribution is -0.402. The molecule has 1 aromatic heterocycles. The highest BCUT2D eigenvalue weighted by atomic mass is 16.6. The lowest BCUT2D eigenvalue weighted by atomic mass is 9.91. The van der Waals surface area contributed by atoms with Crippen molar-refractivity contribution in [3.05, 3.63) is 28.0 Å². The van der Waals surface area contributed by atoms with Crippen molar-refractivity contribution in [2.75, 3.05) is 13.1 Å². The van der Waals surface area contributed by atoms with Crippen molar-refractivity contribution in [2.45, 2.75) is 25.8 Å². The molecular weight excluding hydrogens is 250 g/mol. The number of furan rings is 1. The standard InChI is InChI=1S/C12H17N3O4/c1-8(13)9-4-6-14(7-5-9)12(16)10-2-3-11(19-10)15(17)18/h2-3,8-9H,4-7,13H2,1H3. The topological polar surface area (TPSA) is 103 Å². The van der Waals surface area contributed by atoms with Gasteiger partial charge in [-0.25, -0.2) is 0 Å². The molecule has 7 heteroatoms. The molecular formula is C12H17N3O4. The largest absolute Gasteiger partial charge is 0.433 e. The maximum Gasteiger partial charge on any atom is 0.433 e. The highest BCUT2D eigenvalue weighted by molar-refractivity contribution is 5.91. The highest BCUT2D eigenvalue weighted by Crippen LogP contribution is 2.23. The predicted octanol–water partition coefficient (Wildman–Crippen LogP) is 1.39. The van der Waals surface area contributed by atoms with E-state index in [2.05, 4.69) is 0 Å². The van der Waals surface area contributed by atoms with E-state index in [4.69, 9.17) is 10.2 Å². The fourth-order valence-corrected chi connectivity index (χ4v) is 2.32. The Balaban J connectivity index is 1.99. The van der Waals surface area contributed by atoms with E-state index in [1.807, 2.05) is 6.92 Å². The summed E-state index contributed by atoms with van der Waals surface area (Å²) in [5.74, 6) is -0.258. The van der Waals surface area contributed by atoms with Crippen molar-refractivity contribution in [3.63, 3.8) is 0 Å². The summed E-state index contributed by atoms with van der Waals surface area (Å²) < 4.78 is 4.92. The fraction of sp³-hybridized carbons (Fsp3) is 0.583. The molecule has 2 N–H and O–H groups in total. The highest BCUT2D eigenvalue weighted by Gasteiger charge is 2.28. The molecule has 2 rings (SSSR count). The van der Waals surface area contributed by atoms with Gasteiger partial charge in [-0.2, -0.15) is 0 Å².